The molecule has 4 heteroatoms. The summed E-state index contributed by atoms with van der Waals surface area (Å²) < 4.78 is 17.6. The van der Waals surface area contributed by atoms with E-state index in [9.17, 15) is 4.21 Å². The number of ether oxygens (including phenoxy) is 1. The molecule has 20 heavy (non-hydrogen) atoms. The summed E-state index contributed by atoms with van der Waals surface area (Å²) in [5.74, 6) is 1.13. The van der Waals surface area contributed by atoms with Gasteiger partial charge in [-0.1, -0.05) is 12.1 Å². The van der Waals surface area contributed by atoms with Gasteiger partial charge in [-0.15, -0.1) is 0 Å². The highest BCUT2D eigenvalue weighted by Crippen LogP contribution is 2.13. The van der Waals surface area contributed by atoms with E-state index in [2.05, 4.69) is 6.07 Å². The van der Waals surface area contributed by atoms with Gasteiger partial charge in [-0.05, 0) is 48.9 Å². The lowest BCUT2D eigenvalue weighted by molar-refractivity contribution is 0.342. The van der Waals surface area contributed by atoms with E-state index >= 15 is 0 Å². The van der Waals surface area contributed by atoms with Gasteiger partial charge in [0, 0.05) is 4.90 Å². The number of nitriles is 1. The molecule has 2 aromatic rings. The number of benzene rings is 2. The van der Waals surface area contributed by atoms with E-state index in [1.807, 2.05) is 31.2 Å². The Hall–Kier alpha value is -2.12. The first-order valence-electron chi connectivity index (χ1n) is 6.27. The Morgan fingerprint density at radius 2 is 1.95 bits per heavy atom. The van der Waals surface area contributed by atoms with Crippen LogP contribution in [0.3, 0.4) is 0 Å². The van der Waals surface area contributed by atoms with Crippen molar-refractivity contribution in [2.45, 2.75) is 11.8 Å². The smallest absolute Gasteiger partial charge is 0.119 e. The molecular formula is C16H15NO2S. The number of nitrogens with zero attached hydrogens (tertiary/aromatic N) is 1. The molecule has 0 radical (unpaired) electrons. The minimum Gasteiger partial charge on any atom is -0.493 e. The molecule has 0 saturated heterocycles. The molecular weight excluding hydrogens is 270 g/mol. The summed E-state index contributed by atoms with van der Waals surface area (Å²) in [7, 11) is -1.05. The average Bonchev–Trinajstić information content (AvgIpc) is 2.48. The number of hydrogen-bond donors (Lipinski definition) is 0. The fourth-order valence-electron chi connectivity index (χ4n) is 1.74. The molecule has 0 heterocycles. The molecule has 0 saturated carbocycles. The summed E-state index contributed by atoms with van der Waals surface area (Å²) in [6.45, 7) is 2.36. The van der Waals surface area contributed by atoms with Crippen molar-refractivity contribution in [3.8, 4) is 11.8 Å². The fourth-order valence-corrected chi connectivity index (χ4v) is 2.75. The minimum absolute atomic E-state index is 0.381. The molecule has 0 aliphatic heterocycles. The van der Waals surface area contributed by atoms with Gasteiger partial charge in [-0.2, -0.15) is 5.26 Å². The summed E-state index contributed by atoms with van der Waals surface area (Å²) in [4.78, 5) is 0.827. The number of rotatable bonds is 5. The van der Waals surface area contributed by atoms with E-state index in [1.165, 1.54) is 0 Å². The van der Waals surface area contributed by atoms with Crippen LogP contribution >= 0.6 is 0 Å². The van der Waals surface area contributed by atoms with E-state index in [0.717, 1.165) is 10.5 Å². The standard InChI is InChI=1S/C16H15NO2S/c1-13-3-2-4-16(11-13)20(18)10-9-19-15-7-5-14(12-17)6-8-15/h2-8,11H,9-10H2,1H3. The zero-order chi connectivity index (χ0) is 14.4. The molecule has 0 N–H and O–H groups in total. The van der Waals surface area contributed by atoms with Crippen LogP contribution in [-0.2, 0) is 10.8 Å². The van der Waals surface area contributed by atoms with Crippen molar-refractivity contribution in [3.05, 3.63) is 59.7 Å². The molecule has 0 spiro atoms. The van der Waals surface area contributed by atoms with Crippen molar-refractivity contribution in [2.75, 3.05) is 12.4 Å². The second kappa shape index (κ2) is 6.88. The summed E-state index contributed by atoms with van der Waals surface area (Å²) in [6.07, 6.45) is 0. The predicted molar refractivity (Wildman–Crippen MR) is 79.1 cm³/mol. The molecule has 0 aliphatic rings. The first kappa shape index (κ1) is 14.3. The van der Waals surface area contributed by atoms with Crippen molar-refractivity contribution < 1.29 is 8.95 Å². The van der Waals surface area contributed by atoms with Crippen LogP contribution in [0.2, 0.25) is 0 Å². The van der Waals surface area contributed by atoms with Gasteiger partial charge in [0.05, 0.1) is 28.2 Å². The van der Waals surface area contributed by atoms with Crippen molar-refractivity contribution in [1.29, 1.82) is 5.26 Å². The Balaban J connectivity index is 1.86. The van der Waals surface area contributed by atoms with Gasteiger partial charge >= 0.3 is 0 Å². The van der Waals surface area contributed by atoms with Crippen molar-refractivity contribution in [1.82, 2.24) is 0 Å². The SMILES string of the molecule is Cc1cccc(S(=O)CCOc2ccc(C#N)cc2)c1. The first-order valence-corrected chi connectivity index (χ1v) is 7.59. The van der Waals surface area contributed by atoms with E-state index in [4.69, 9.17) is 10.00 Å². The lowest BCUT2D eigenvalue weighted by Gasteiger charge is -2.06. The van der Waals surface area contributed by atoms with Crippen molar-refractivity contribution in [3.63, 3.8) is 0 Å². The maximum absolute atomic E-state index is 12.1. The van der Waals surface area contributed by atoms with Gasteiger partial charge in [-0.25, -0.2) is 0 Å². The largest absolute Gasteiger partial charge is 0.493 e. The highest BCUT2D eigenvalue weighted by molar-refractivity contribution is 7.85. The number of aryl methyl sites for hydroxylation is 1. The molecule has 0 aromatic heterocycles. The zero-order valence-electron chi connectivity index (χ0n) is 11.2. The Kier molecular flexibility index (Phi) is 4.91. The van der Waals surface area contributed by atoms with Crippen LogP contribution in [0, 0.1) is 18.3 Å². The van der Waals surface area contributed by atoms with Gasteiger partial charge < -0.3 is 4.74 Å². The van der Waals surface area contributed by atoms with Gasteiger partial charge in [0.2, 0.25) is 0 Å². The normalized spacial score (nSPS) is 11.6. The maximum atomic E-state index is 12.1. The van der Waals surface area contributed by atoms with E-state index in [-0.39, 0.29) is 0 Å². The highest BCUT2D eigenvalue weighted by Gasteiger charge is 2.04. The molecule has 2 aromatic carbocycles. The van der Waals surface area contributed by atoms with Crippen LogP contribution in [0.15, 0.2) is 53.4 Å². The molecule has 0 bridgehead atoms. The minimum atomic E-state index is -1.05. The van der Waals surface area contributed by atoms with Gasteiger partial charge in [0.25, 0.3) is 0 Å². The Labute approximate surface area is 121 Å². The molecule has 1 atom stereocenters. The highest BCUT2D eigenvalue weighted by atomic mass is 32.2. The first-order chi connectivity index (χ1) is 9.69. The third kappa shape index (κ3) is 3.94. The van der Waals surface area contributed by atoms with Gasteiger partial charge in [0.15, 0.2) is 0 Å². The summed E-state index contributed by atoms with van der Waals surface area (Å²) >= 11 is 0. The molecule has 1 unspecified atom stereocenters. The van der Waals surface area contributed by atoms with Crippen molar-refractivity contribution >= 4 is 10.8 Å². The monoisotopic (exact) mass is 285 g/mol. The summed E-state index contributed by atoms with van der Waals surface area (Å²) in [5, 5.41) is 8.69. The molecule has 3 nitrogen and oxygen atoms in total. The second-order valence-corrected chi connectivity index (χ2v) is 5.92. The van der Waals surface area contributed by atoms with Gasteiger partial charge in [-0.3, -0.25) is 4.21 Å². The zero-order valence-corrected chi connectivity index (χ0v) is 12.0. The van der Waals surface area contributed by atoms with Crippen LogP contribution < -0.4 is 4.74 Å². The number of hydrogen-bond acceptors (Lipinski definition) is 3. The Morgan fingerprint density at radius 3 is 2.60 bits per heavy atom. The van der Waals surface area contributed by atoms with Crippen LogP contribution in [-0.4, -0.2) is 16.6 Å². The van der Waals surface area contributed by atoms with E-state index in [0.29, 0.717) is 23.7 Å². The lowest BCUT2D eigenvalue weighted by atomic mass is 10.2. The van der Waals surface area contributed by atoms with Crippen LogP contribution in [0.25, 0.3) is 0 Å². The van der Waals surface area contributed by atoms with Crippen LogP contribution in [0.5, 0.6) is 5.75 Å². The van der Waals surface area contributed by atoms with E-state index < -0.39 is 10.8 Å². The molecule has 102 valence electrons. The topological polar surface area (TPSA) is 50.1 Å². The lowest BCUT2D eigenvalue weighted by Crippen LogP contribution is -2.08. The molecule has 0 aliphatic carbocycles. The Bertz CT molecular complexity index is 644. The molecule has 2 rings (SSSR count). The fraction of sp³-hybridized carbons (Fsp3) is 0.188. The van der Waals surface area contributed by atoms with E-state index in [1.54, 1.807) is 24.3 Å². The quantitative estimate of drug-likeness (QED) is 0.848. The summed E-state index contributed by atoms with van der Waals surface area (Å²) in [6, 6.07) is 16.6. The third-order valence-corrected chi connectivity index (χ3v) is 4.09. The average molecular weight is 285 g/mol. The summed E-state index contributed by atoms with van der Waals surface area (Å²) in [5.41, 5.74) is 1.70. The van der Waals surface area contributed by atoms with Gasteiger partial charge in [0.1, 0.15) is 12.4 Å². The molecule has 0 amide bonds. The van der Waals surface area contributed by atoms with Crippen molar-refractivity contribution in [2.24, 2.45) is 0 Å². The van der Waals surface area contributed by atoms with Crippen LogP contribution in [0.1, 0.15) is 11.1 Å². The Morgan fingerprint density at radius 1 is 1.20 bits per heavy atom. The second-order valence-electron chi connectivity index (χ2n) is 4.35. The predicted octanol–water partition coefficient (Wildman–Crippen LogP) is 3.05. The third-order valence-electron chi connectivity index (χ3n) is 2.77. The maximum Gasteiger partial charge on any atom is 0.119 e. The van der Waals surface area contributed by atoms with Crippen LogP contribution in [0.4, 0.5) is 0 Å². The molecule has 0 fully saturated rings.